The number of piperidine rings is 1. The average Bonchev–Trinajstić information content (AvgIpc) is 3.65. The zero-order valence-corrected chi connectivity index (χ0v) is 19.4. The van der Waals surface area contributed by atoms with Crippen LogP contribution in [0.5, 0.6) is 0 Å². The molecular formula is C26H29N3O3S. The number of aromatic nitrogens is 1. The summed E-state index contributed by atoms with van der Waals surface area (Å²) in [4.78, 5) is 17.2. The molecule has 0 radical (unpaired) electrons. The van der Waals surface area contributed by atoms with E-state index in [1.165, 1.54) is 0 Å². The maximum atomic E-state index is 12.8. The number of carbonyl (C=O) groups is 1. The van der Waals surface area contributed by atoms with E-state index in [-0.39, 0.29) is 22.5 Å². The van der Waals surface area contributed by atoms with E-state index in [2.05, 4.69) is 21.1 Å². The fourth-order valence-corrected chi connectivity index (χ4v) is 5.90. The predicted octanol–water partition coefficient (Wildman–Crippen LogP) is 3.43. The first-order valence-corrected chi connectivity index (χ1v) is 13.1. The van der Waals surface area contributed by atoms with Crippen molar-refractivity contribution < 1.29 is 13.2 Å². The van der Waals surface area contributed by atoms with Gasteiger partial charge in [0.1, 0.15) is 5.78 Å². The van der Waals surface area contributed by atoms with Crippen molar-refractivity contribution in [2.75, 3.05) is 19.6 Å². The highest BCUT2D eigenvalue weighted by Gasteiger charge is 2.43. The van der Waals surface area contributed by atoms with Crippen LogP contribution in [0.2, 0.25) is 0 Å². The maximum absolute atomic E-state index is 12.8. The molecule has 2 heterocycles. The molecule has 1 saturated carbocycles. The minimum absolute atomic E-state index is 0.0126. The quantitative estimate of drug-likeness (QED) is 0.534. The number of hydrogen-bond donors (Lipinski definition) is 2. The molecule has 172 valence electrons. The molecule has 2 aromatic carbocycles. The van der Waals surface area contributed by atoms with Crippen molar-refractivity contribution in [1.82, 2.24) is 15.0 Å². The molecule has 2 aliphatic rings. The molecule has 0 spiro atoms. The lowest BCUT2D eigenvalue weighted by molar-refractivity contribution is -0.119. The van der Waals surface area contributed by atoms with Gasteiger partial charge in [0, 0.05) is 36.7 Å². The summed E-state index contributed by atoms with van der Waals surface area (Å²) in [6.45, 7) is 2.37. The van der Waals surface area contributed by atoms with Crippen molar-refractivity contribution in [3.63, 3.8) is 0 Å². The van der Waals surface area contributed by atoms with Gasteiger partial charge in [-0.1, -0.05) is 30.3 Å². The van der Waals surface area contributed by atoms with Gasteiger partial charge in [-0.05, 0) is 78.9 Å². The lowest BCUT2D eigenvalue weighted by atomic mass is 9.99. The fraction of sp³-hybridized carbons (Fsp3) is 0.385. The molecule has 2 atom stereocenters. The van der Waals surface area contributed by atoms with Gasteiger partial charge in [-0.2, -0.15) is 0 Å². The van der Waals surface area contributed by atoms with E-state index in [9.17, 15) is 13.2 Å². The number of carbonyl (C=O) groups excluding carboxylic acids is 1. The monoisotopic (exact) mass is 463 g/mol. The molecule has 33 heavy (non-hydrogen) atoms. The van der Waals surface area contributed by atoms with Crippen LogP contribution >= 0.6 is 0 Å². The lowest BCUT2D eigenvalue weighted by Crippen LogP contribution is -2.35. The number of nitrogens with one attached hydrogen (secondary N) is 2. The van der Waals surface area contributed by atoms with Gasteiger partial charge in [0.05, 0.1) is 4.90 Å². The number of rotatable bonds is 8. The molecule has 6 nitrogen and oxygen atoms in total. The van der Waals surface area contributed by atoms with E-state index in [0.717, 1.165) is 54.3 Å². The Morgan fingerprint density at radius 1 is 1.03 bits per heavy atom. The summed E-state index contributed by atoms with van der Waals surface area (Å²) < 4.78 is 28.1. The first-order chi connectivity index (χ1) is 16.0. The molecule has 2 N–H and O–H groups in total. The number of ketones is 1. The summed E-state index contributed by atoms with van der Waals surface area (Å²) in [5, 5.41) is 5.45. The zero-order valence-electron chi connectivity index (χ0n) is 18.5. The Hall–Kier alpha value is -2.61. The number of nitrogens with zero attached hydrogens (tertiary/aromatic N) is 1. The number of sulfonamides is 1. The van der Waals surface area contributed by atoms with Gasteiger partial charge in [0.15, 0.2) is 0 Å². The Morgan fingerprint density at radius 3 is 2.61 bits per heavy atom. The van der Waals surface area contributed by atoms with Crippen molar-refractivity contribution in [1.29, 1.82) is 0 Å². The molecular weight excluding hydrogens is 434 g/mol. The van der Waals surface area contributed by atoms with E-state index >= 15 is 0 Å². The van der Waals surface area contributed by atoms with Crippen molar-refractivity contribution >= 4 is 26.6 Å². The molecule has 0 bridgehead atoms. The Balaban J connectivity index is 1.18. The SMILES string of the molecule is O=C(Cc1ccc2cnccc2c1)[C@@H]1C[C@H]1c1ccc(S(=O)(=O)NCC2CCNCC2)cc1. The molecule has 7 heteroatoms. The van der Waals surface area contributed by atoms with Gasteiger partial charge < -0.3 is 5.32 Å². The molecule has 1 aromatic heterocycles. The first kappa shape index (κ1) is 22.2. The summed E-state index contributed by atoms with van der Waals surface area (Å²) >= 11 is 0. The molecule has 0 unspecified atom stereocenters. The standard InChI is InChI=1S/C26H29N3O3S/c30-26(14-19-1-2-22-17-28-12-9-21(22)13-19)25-15-24(25)20-3-5-23(6-4-20)33(31,32)29-16-18-7-10-27-11-8-18/h1-6,9,12-13,17-18,24-25,27,29H,7-8,10-11,14-16H2/t24-,25+/m0/s1. The van der Waals surface area contributed by atoms with Crippen molar-refractivity contribution in [2.45, 2.75) is 36.5 Å². The fourth-order valence-electron chi connectivity index (χ4n) is 4.79. The van der Waals surface area contributed by atoms with E-state index in [1.807, 2.05) is 36.5 Å². The van der Waals surface area contributed by atoms with Gasteiger partial charge in [-0.3, -0.25) is 9.78 Å². The largest absolute Gasteiger partial charge is 0.317 e. The van der Waals surface area contributed by atoms with Crippen LogP contribution in [0.3, 0.4) is 0 Å². The van der Waals surface area contributed by atoms with Crippen LogP contribution < -0.4 is 10.0 Å². The van der Waals surface area contributed by atoms with E-state index in [4.69, 9.17) is 0 Å². The highest BCUT2D eigenvalue weighted by atomic mass is 32.2. The highest BCUT2D eigenvalue weighted by Crippen LogP contribution is 2.48. The summed E-state index contributed by atoms with van der Waals surface area (Å²) in [7, 11) is -3.51. The first-order valence-electron chi connectivity index (χ1n) is 11.7. The van der Waals surface area contributed by atoms with Crippen LogP contribution in [0.4, 0.5) is 0 Å². The number of benzene rings is 2. The molecule has 1 aliphatic heterocycles. The third-order valence-corrected chi connectivity index (χ3v) is 8.37. The Labute approximate surface area is 194 Å². The van der Waals surface area contributed by atoms with Crippen LogP contribution in [0.15, 0.2) is 65.8 Å². The summed E-state index contributed by atoms with van der Waals surface area (Å²) in [6.07, 6.45) is 6.83. The second kappa shape index (κ2) is 9.33. The number of Topliss-reactive ketones (excluding diaryl/α,β-unsaturated/α-hetero) is 1. The van der Waals surface area contributed by atoms with E-state index in [1.54, 1.807) is 18.3 Å². The second-order valence-electron chi connectivity index (χ2n) is 9.26. The second-order valence-corrected chi connectivity index (χ2v) is 11.0. The summed E-state index contributed by atoms with van der Waals surface area (Å²) in [6, 6.07) is 15.1. The lowest BCUT2D eigenvalue weighted by Gasteiger charge is -2.22. The molecule has 1 aliphatic carbocycles. The predicted molar refractivity (Wildman–Crippen MR) is 129 cm³/mol. The highest BCUT2D eigenvalue weighted by molar-refractivity contribution is 7.89. The minimum Gasteiger partial charge on any atom is -0.317 e. The van der Waals surface area contributed by atoms with Gasteiger partial charge >= 0.3 is 0 Å². The third-order valence-electron chi connectivity index (χ3n) is 6.93. The van der Waals surface area contributed by atoms with Gasteiger partial charge in [-0.25, -0.2) is 13.1 Å². The van der Waals surface area contributed by atoms with Crippen molar-refractivity contribution in [3.05, 3.63) is 72.1 Å². The topological polar surface area (TPSA) is 88.2 Å². The zero-order chi connectivity index (χ0) is 22.8. The molecule has 3 aromatic rings. The van der Waals surface area contributed by atoms with Crippen molar-refractivity contribution in [3.8, 4) is 0 Å². The van der Waals surface area contributed by atoms with Gasteiger partial charge in [0.25, 0.3) is 0 Å². The smallest absolute Gasteiger partial charge is 0.240 e. The maximum Gasteiger partial charge on any atom is 0.240 e. The van der Waals surface area contributed by atoms with Crippen molar-refractivity contribution in [2.24, 2.45) is 11.8 Å². The molecule has 2 fully saturated rings. The van der Waals surface area contributed by atoms with Gasteiger partial charge in [-0.15, -0.1) is 0 Å². The molecule has 5 rings (SSSR count). The average molecular weight is 464 g/mol. The van der Waals surface area contributed by atoms with Crippen LogP contribution in [0, 0.1) is 11.8 Å². The number of pyridine rings is 1. The number of fused-ring (bicyclic) bond motifs is 1. The van der Waals surface area contributed by atoms with Gasteiger partial charge in [0.2, 0.25) is 10.0 Å². The van der Waals surface area contributed by atoms with Crippen LogP contribution in [-0.4, -0.2) is 38.8 Å². The van der Waals surface area contributed by atoms with Crippen LogP contribution in [0.25, 0.3) is 10.8 Å². The normalized spacial score (nSPS) is 21.2. The minimum atomic E-state index is -3.51. The molecule has 0 amide bonds. The van der Waals surface area contributed by atoms with E-state index in [0.29, 0.717) is 18.9 Å². The van der Waals surface area contributed by atoms with Crippen LogP contribution in [0.1, 0.15) is 36.3 Å². The molecule has 1 saturated heterocycles. The van der Waals surface area contributed by atoms with E-state index < -0.39 is 10.0 Å². The third kappa shape index (κ3) is 5.16. The summed E-state index contributed by atoms with van der Waals surface area (Å²) in [5.41, 5.74) is 2.06. The van der Waals surface area contributed by atoms with Crippen LogP contribution in [-0.2, 0) is 21.2 Å². The summed E-state index contributed by atoms with van der Waals surface area (Å²) in [5.74, 6) is 0.826. The Morgan fingerprint density at radius 2 is 1.82 bits per heavy atom. The number of hydrogen-bond acceptors (Lipinski definition) is 5. The Bertz CT molecular complexity index is 1250. The Kier molecular flexibility index (Phi) is 6.27.